The number of nitrogens with one attached hydrogen (secondary N) is 1. The van der Waals surface area contributed by atoms with Crippen LogP contribution in [0.5, 0.6) is 0 Å². The van der Waals surface area contributed by atoms with Crippen molar-refractivity contribution in [2.45, 2.75) is 6.92 Å². The van der Waals surface area contributed by atoms with Gasteiger partial charge in [0, 0.05) is 5.69 Å². The quantitative estimate of drug-likeness (QED) is 0.661. The second-order valence-electron chi connectivity index (χ2n) is 2.51. The fourth-order valence-electron chi connectivity index (χ4n) is 0.897. The summed E-state index contributed by atoms with van der Waals surface area (Å²) < 4.78 is 0. The average Bonchev–Trinajstić information content (AvgIpc) is 2.09. The Morgan fingerprint density at radius 3 is 2.75 bits per heavy atom. The second kappa shape index (κ2) is 3.72. The van der Waals surface area contributed by atoms with Crippen LogP contribution in [0.2, 0.25) is 0 Å². The van der Waals surface area contributed by atoms with Gasteiger partial charge in [0.2, 0.25) is 5.91 Å². The summed E-state index contributed by atoms with van der Waals surface area (Å²) in [5, 5.41) is 2.70. The summed E-state index contributed by atoms with van der Waals surface area (Å²) in [6.45, 7) is 5.32. The van der Waals surface area contributed by atoms with Crippen LogP contribution in [0.1, 0.15) is 5.56 Å². The predicted molar refractivity (Wildman–Crippen MR) is 50.0 cm³/mol. The van der Waals surface area contributed by atoms with Crippen LogP contribution in [-0.4, -0.2) is 5.91 Å². The number of carbonyl (C=O) groups excluding carboxylic acids is 1. The van der Waals surface area contributed by atoms with Gasteiger partial charge < -0.3 is 5.32 Å². The zero-order valence-corrected chi connectivity index (χ0v) is 7.00. The summed E-state index contributed by atoms with van der Waals surface area (Å²) in [5.41, 5.74) is 1.88. The summed E-state index contributed by atoms with van der Waals surface area (Å²) in [7, 11) is 0. The molecule has 0 spiro atoms. The highest BCUT2D eigenvalue weighted by molar-refractivity contribution is 5.99. The summed E-state index contributed by atoms with van der Waals surface area (Å²) in [4.78, 5) is 10.9. The molecule has 12 heavy (non-hydrogen) atoms. The normalized spacial score (nSPS) is 9.08. The first-order valence-electron chi connectivity index (χ1n) is 3.73. The molecule has 0 heterocycles. The van der Waals surface area contributed by atoms with Crippen molar-refractivity contribution in [1.29, 1.82) is 0 Å². The molecule has 0 saturated carbocycles. The Morgan fingerprint density at radius 2 is 2.17 bits per heavy atom. The van der Waals surface area contributed by atoms with Crippen LogP contribution in [-0.2, 0) is 4.79 Å². The van der Waals surface area contributed by atoms with Gasteiger partial charge in [-0.1, -0.05) is 24.8 Å². The van der Waals surface area contributed by atoms with Gasteiger partial charge in [-0.15, -0.1) is 0 Å². The van der Waals surface area contributed by atoms with E-state index in [1.807, 2.05) is 31.2 Å². The van der Waals surface area contributed by atoms with Crippen molar-refractivity contribution in [3.8, 4) is 0 Å². The Hall–Kier alpha value is -1.57. The van der Waals surface area contributed by atoms with Crippen molar-refractivity contribution < 1.29 is 4.79 Å². The van der Waals surface area contributed by atoms with E-state index in [9.17, 15) is 4.79 Å². The number of aryl methyl sites for hydroxylation is 1. The molecule has 1 N–H and O–H groups in total. The minimum atomic E-state index is -0.177. The lowest BCUT2D eigenvalue weighted by atomic mass is 10.2. The maximum absolute atomic E-state index is 10.9. The molecule has 1 aromatic rings. The van der Waals surface area contributed by atoms with Gasteiger partial charge in [0.1, 0.15) is 0 Å². The highest BCUT2D eigenvalue weighted by Crippen LogP contribution is 2.12. The summed E-state index contributed by atoms with van der Waals surface area (Å²) in [5.74, 6) is -0.177. The van der Waals surface area contributed by atoms with Crippen molar-refractivity contribution in [1.82, 2.24) is 0 Å². The van der Waals surface area contributed by atoms with Gasteiger partial charge in [-0.25, -0.2) is 0 Å². The van der Waals surface area contributed by atoms with Gasteiger partial charge in [-0.2, -0.15) is 0 Å². The Bertz CT molecular complexity index is 304. The third-order valence-electron chi connectivity index (χ3n) is 1.59. The lowest BCUT2D eigenvalue weighted by Crippen LogP contribution is -2.08. The highest BCUT2D eigenvalue weighted by Gasteiger charge is 1.97. The van der Waals surface area contributed by atoms with Crippen LogP contribution in [0.15, 0.2) is 36.9 Å². The van der Waals surface area contributed by atoms with Crippen molar-refractivity contribution in [2.24, 2.45) is 0 Å². The molecule has 0 fully saturated rings. The van der Waals surface area contributed by atoms with Gasteiger partial charge in [0.05, 0.1) is 0 Å². The molecule has 1 rings (SSSR count). The monoisotopic (exact) mass is 161 g/mol. The van der Waals surface area contributed by atoms with E-state index in [0.29, 0.717) is 0 Å². The molecule has 0 aliphatic rings. The molecule has 0 saturated heterocycles. The summed E-state index contributed by atoms with van der Waals surface area (Å²) >= 11 is 0. The van der Waals surface area contributed by atoms with Crippen LogP contribution in [0.3, 0.4) is 0 Å². The zero-order chi connectivity index (χ0) is 8.97. The van der Waals surface area contributed by atoms with E-state index < -0.39 is 0 Å². The van der Waals surface area contributed by atoms with E-state index in [4.69, 9.17) is 0 Å². The maximum atomic E-state index is 10.9. The molecule has 0 aliphatic heterocycles. The van der Waals surface area contributed by atoms with Crippen molar-refractivity contribution in [3.05, 3.63) is 42.5 Å². The standard InChI is InChI=1S/C10H11NO/c1-3-10(12)11-9-7-5-4-6-8(9)2/h3-7H,1H2,2H3,(H,11,12). The Morgan fingerprint density at radius 1 is 1.50 bits per heavy atom. The molecule has 62 valence electrons. The van der Waals surface area contributed by atoms with Crippen molar-refractivity contribution in [2.75, 3.05) is 5.32 Å². The number of hydrogen-bond donors (Lipinski definition) is 1. The number of hydrogen-bond acceptors (Lipinski definition) is 1. The van der Waals surface area contributed by atoms with E-state index in [-0.39, 0.29) is 5.91 Å². The van der Waals surface area contributed by atoms with E-state index in [1.54, 1.807) is 0 Å². The largest absolute Gasteiger partial charge is 0.322 e. The first kappa shape index (κ1) is 8.53. The minimum Gasteiger partial charge on any atom is -0.322 e. The van der Waals surface area contributed by atoms with Gasteiger partial charge in [0.25, 0.3) is 0 Å². The number of rotatable bonds is 2. The van der Waals surface area contributed by atoms with Crippen LogP contribution >= 0.6 is 0 Å². The zero-order valence-electron chi connectivity index (χ0n) is 7.00. The third-order valence-corrected chi connectivity index (χ3v) is 1.59. The number of amides is 1. The molecule has 1 amide bonds. The lowest BCUT2D eigenvalue weighted by molar-refractivity contribution is -0.111. The minimum absolute atomic E-state index is 0.177. The Balaban J connectivity index is 2.82. The SMILES string of the molecule is C=CC(=O)Nc1ccccc1C. The number of carbonyl (C=O) groups is 1. The number of para-hydroxylation sites is 1. The summed E-state index contributed by atoms with van der Waals surface area (Å²) in [6.07, 6.45) is 1.26. The van der Waals surface area contributed by atoms with Crippen LogP contribution in [0.25, 0.3) is 0 Å². The molecule has 0 radical (unpaired) electrons. The molecule has 0 atom stereocenters. The third kappa shape index (κ3) is 1.95. The van der Waals surface area contributed by atoms with Gasteiger partial charge in [-0.05, 0) is 24.6 Å². The van der Waals surface area contributed by atoms with Crippen LogP contribution in [0.4, 0.5) is 5.69 Å². The van der Waals surface area contributed by atoms with Crippen molar-refractivity contribution in [3.63, 3.8) is 0 Å². The van der Waals surface area contributed by atoms with E-state index in [2.05, 4.69) is 11.9 Å². The van der Waals surface area contributed by atoms with E-state index in [1.165, 1.54) is 6.08 Å². The first-order chi connectivity index (χ1) is 5.74. The Kier molecular flexibility index (Phi) is 2.64. The van der Waals surface area contributed by atoms with E-state index >= 15 is 0 Å². The second-order valence-corrected chi connectivity index (χ2v) is 2.51. The fraction of sp³-hybridized carbons (Fsp3) is 0.100. The molecule has 0 aliphatic carbocycles. The summed E-state index contributed by atoms with van der Waals surface area (Å²) in [6, 6.07) is 7.61. The fourth-order valence-corrected chi connectivity index (χ4v) is 0.897. The van der Waals surface area contributed by atoms with Gasteiger partial charge in [0.15, 0.2) is 0 Å². The molecule has 0 bridgehead atoms. The molecule has 2 nitrogen and oxygen atoms in total. The predicted octanol–water partition coefficient (Wildman–Crippen LogP) is 2.12. The maximum Gasteiger partial charge on any atom is 0.247 e. The molecule has 0 unspecified atom stereocenters. The number of anilines is 1. The highest BCUT2D eigenvalue weighted by atomic mass is 16.1. The van der Waals surface area contributed by atoms with E-state index in [0.717, 1.165) is 11.3 Å². The number of benzene rings is 1. The van der Waals surface area contributed by atoms with Gasteiger partial charge >= 0.3 is 0 Å². The molecule has 1 aromatic carbocycles. The smallest absolute Gasteiger partial charge is 0.247 e. The Labute approximate surface area is 71.9 Å². The molecule has 2 heteroatoms. The van der Waals surface area contributed by atoms with Crippen molar-refractivity contribution >= 4 is 11.6 Å². The van der Waals surface area contributed by atoms with Crippen LogP contribution < -0.4 is 5.32 Å². The lowest BCUT2D eigenvalue weighted by Gasteiger charge is -2.04. The first-order valence-corrected chi connectivity index (χ1v) is 3.73. The molecule has 0 aromatic heterocycles. The topological polar surface area (TPSA) is 29.1 Å². The molecular formula is C10H11NO. The molecular weight excluding hydrogens is 150 g/mol. The van der Waals surface area contributed by atoms with Crippen LogP contribution in [0, 0.1) is 6.92 Å². The van der Waals surface area contributed by atoms with Gasteiger partial charge in [-0.3, -0.25) is 4.79 Å². The average molecular weight is 161 g/mol.